The van der Waals surface area contributed by atoms with Gasteiger partial charge in [0.2, 0.25) is 0 Å². The molecule has 1 aliphatic carbocycles. The van der Waals surface area contributed by atoms with Gasteiger partial charge >= 0.3 is 11.9 Å². The molecule has 0 radical (unpaired) electrons. The van der Waals surface area contributed by atoms with Crippen LogP contribution in [0.1, 0.15) is 71.6 Å². The van der Waals surface area contributed by atoms with E-state index in [1.54, 1.807) is 27.7 Å². The van der Waals surface area contributed by atoms with E-state index < -0.39 is 18.0 Å². The fourth-order valence-electron chi connectivity index (χ4n) is 3.13. The fourth-order valence-corrected chi connectivity index (χ4v) is 3.13. The largest absolute Gasteiger partial charge is 0.461 e. The summed E-state index contributed by atoms with van der Waals surface area (Å²) in [4.78, 5) is 39.4. The number of H-pyrrole nitrogens is 1. The summed E-state index contributed by atoms with van der Waals surface area (Å²) in [5, 5.41) is 2.91. The number of aromatic amines is 1. The predicted molar refractivity (Wildman–Crippen MR) is 91.5 cm³/mol. The number of carbonyl (C=O) groups is 3. The van der Waals surface area contributed by atoms with Gasteiger partial charge in [0.15, 0.2) is 6.10 Å². The van der Waals surface area contributed by atoms with Gasteiger partial charge in [-0.1, -0.05) is 12.8 Å². The zero-order chi connectivity index (χ0) is 18.6. The normalized spacial score (nSPS) is 15.7. The minimum atomic E-state index is -0.896. The highest BCUT2D eigenvalue weighted by molar-refractivity contribution is 5.99. The van der Waals surface area contributed by atoms with Gasteiger partial charge in [-0.15, -0.1) is 0 Å². The van der Waals surface area contributed by atoms with Crippen molar-refractivity contribution in [2.75, 3.05) is 6.61 Å². The number of hydrogen-bond acceptors (Lipinski definition) is 5. The molecule has 25 heavy (non-hydrogen) atoms. The molecule has 7 heteroatoms. The lowest BCUT2D eigenvalue weighted by Crippen LogP contribution is -2.40. The number of aryl methyl sites for hydroxylation is 1. The Bertz CT molecular complexity index is 659. The number of carbonyl (C=O) groups excluding carboxylic acids is 3. The Morgan fingerprint density at radius 1 is 1.20 bits per heavy atom. The maximum Gasteiger partial charge on any atom is 0.355 e. The monoisotopic (exact) mass is 350 g/mol. The maximum absolute atomic E-state index is 12.5. The summed E-state index contributed by atoms with van der Waals surface area (Å²) in [5.41, 5.74) is 1.47. The van der Waals surface area contributed by atoms with Gasteiger partial charge in [0, 0.05) is 11.7 Å². The zero-order valence-corrected chi connectivity index (χ0v) is 15.2. The third kappa shape index (κ3) is 4.41. The highest BCUT2D eigenvalue weighted by atomic mass is 16.5. The average Bonchev–Trinajstić information content (AvgIpc) is 3.15. The summed E-state index contributed by atoms with van der Waals surface area (Å²) >= 11 is 0. The molecular formula is C18H26N2O5. The molecule has 1 fully saturated rings. The molecule has 1 saturated carbocycles. The first-order valence-corrected chi connectivity index (χ1v) is 8.72. The molecule has 1 heterocycles. The van der Waals surface area contributed by atoms with Crippen LogP contribution in [0, 0.1) is 13.8 Å². The van der Waals surface area contributed by atoms with E-state index in [2.05, 4.69) is 10.3 Å². The highest BCUT2D eigenvalue weighted by Crippen LogP contribution is 2.21. The summed E-state index contributed by atoms with van der Waals surface area (Å²) in [6.45, 7) is 6.83. The van der Waals surface area contributed by atoms with Crippen LogP contribution in [0.15, 0.2) is 0 Å². The Labute approximate surface area is 147 Å². The minimum absolute atomic E-state index is 0.166. The lowest BCUT2D eigenvalue weighted by Gasteiger charge is -2.17. The Kier molecular flexibility index (Phi) is 6.22. The van der Waals surface area contributed by atoms with Gasteiger partial charge in [-0.3, -0.25) is 4.79 Å². The van der Waals surface area contributed by atoms with Crippen molar-refractivity contribution < 1.29 is 23.9 Å². The number of esters is 2. The van der Waals surface area contributed by atoms with E-state index in [1.807, 2.05) is 0 Å². The van der Waals surface area contributed by atoms with Crippen molar-refractivity contribution in [3.63, 3.8) is 0 Å². The van der Waals surface area contributed by atoms with Crippen LogP contribution in [0.5, 0.6) is 0 Å². The van der Waals surface area contributed by atoms with Gasteiger partial charge in [-0.25, -0.2) is 9.59 Å². The smallest absolute Gasteiger partial charge is 0.355 e. The molecule has 2 N–H and O–H groups in total. The molecule has 0 spiro atoms. The van der Waals surface area contributed by atoms with Crippen molar-refractivity contribution >= 4 is 17.8 Å². The summed E-state index contributed by atoms with van der Waals surface area (Å²) in [6, 6.07) is 0.166. The van der Waals surface area contributed by atoms with Crippen LogP contribution in [0.2, 0.25) is 0 Å². The number of ether oxygens (including phenoxy) is 2. The van der Waals surface area contributed by atoms with Gasteiger partial charge in [-0.05, 0) is 46.1 Å². The first-order chi connectivity index (χ1) is 11.8. The Hall–Kier alpha value is -2.31. The summed E-state index contributed by atoms with van der Waals surface area (Å²) < 4.78 is 10.3. The second kappa shape index (κ2) is 8.18. The van der Waals surface area contributed by atoms with Gasteiger partial charge < -0.3 is 19.8 Å². The number of hydrogen-bond donors (Lipinski definition) is 2. The average molecular weight is 350 g/mol. The number of aromatic nitrogens is 1. The molecule has 7 nitrogen and oxygen atoms in total. The Balaban J connectivity index is 2.04. The van der Waals surface area contributed by atoms with Crippen molar-refractivity contribution in [2.24, 2.45) is 0 Å². The maximum atomic E-state index is 12.5. The second-order valence-corrected chi connectivity index (χ2v) is 6.38. The SMILES string of the molecule is CCOC(=O)c1[nH]c(C)c(C(=O)O[C@H](C)C(=O)NC2CCCC2)c1C. The lowest BCUT2D eigenvalue weighted by molar-refractivity contribution is -0.129. The van der Waals surface area contributed by atoms with E-state index in [1.165, 1.54) is 0 Å². The molecule has 0 saturated heterocycles. The molecule has 2 rings (SSSR count). The van der Waals surface area contributed by atoms with Crippen molar-refractivity contribution in [1.29, 1.82) is 0 Å². The van der Waals surface area contributed by atoms with Crippen LogP contribution in [0.4, 0.5) is 0 Å². The first kappa shape index (κ1) is 19.0. The van der Waals surface area contributed by atoms with Gasteiger partial charge in [-0.2, -0.15) is 0 Å². The third-order valence-corrected chi connectivity index (χ3v) is 4.48. The highest BCUT2D eigenvalue weighted by Gasteiger charge is 2.27. The molecule has 138 valence electrons. The van der Waals surface area contributed by atoms with E-state index in [4.69, 9.17) is 9.47 Å². The molecule has 0 bridgehead atoms. The van der Waals surface area contributed by atoms with E-state index in [-0.39, 0.29) is 29.8 Å². The van der Waals surface area contributed by atoms with Crippen LogP contribution >= 0.6 is 0 Å². The van der Waals surface area contributed by atoms with Crippen LogP contribution < -0.4 is 5.32 Å². The molecule has 1 aromatic heterocycles. The van der Waals surface area contributed by atoms with Crippen LogP contribution in [0.3, 0.4) is 0 Å². The molecule has 1 aliphatic rings. The number of amides is 1. The molecule has 0 unspecified atom stereocenters. The van der Waals surface area contributed by atoms with Crippen molar-refractivity contribution in [2.45, 2.75) is 65.5 Å². The van der Waals surface area contributed by atoms with Crippen molar-refractivity contribution in [1.82, 2.24) is 10.3 Å². The molecule has 1 aromatic rings. The van der Waals surface area contributed by atoms with Gasteiger partial charge in [0.1, 0.15) is 5.69 Å². The van der Waals surface area contributed by atoms with E-state index in [0.717, 1.165) is 25.7 Å². The third-order valence-electron chi connectivity index (χ3n) is 4.48. The van der Waals surface area contributed by atoms with Gasteiger partial charge in [0.05, 0.1) is 12.2 Å². The summed E-state index contributed by atoms with van der Waals surface area (Å²) in [5.74, 6) is -1.44. The molecule has 1 atom stereocenters. The molecule has 0 aromatic carbocycles. The molecule has 0 aliphatic heterocycles. The lowest BCUT2D eigenvalue weighted by atomic mass is 10.1. The Morgan fingerprint density at radius 2 is 1.84 bits per heavy atom. The van der Waals surface area contributed by atoms with Crippen molar-refractivity contribution in [3.05, 3.63) is 22.5 Å². The fraction of sp³-hybridized carbons (Fsp3) is 0.611. The minimum Gasteiger partial charge on any atom is -0.461 e. The van der Waals surface area contributed by atoms with Crippen LogP contribution in [-0.2, 0) is 14.3 Å². The van der Waals surface area contributed by atoms with Crippen molar-refractivity contribution in [3.8, 4) is 0 Å². The number of nitrogens with one attached hydrogen (secondary N) is 2. The quantitative estimate of drug-likeness (QED) is 0.768. The summed E-state index contributed by atoms with van der Waals surface area (Å²) in [6.07, 6.45) is 3.25. The van der Waals surface area contributed by atoms with E-state index >= 15 is 0 Å². The predicted octanol–water partition coefficient (Wildman–Crippen LogP) is 2.41. The molecular weight excluding hydrogens is 324 g/mol. The van der Waals surface area contributed by atoms with E-state index in [0.29, 0.717) is 11.3 Å². The molecule has 1 amide bonds. The first-order valence-electron chi connectivity index (χ1n) is 8.72. The zero-order valence-electron chi connectivity index (χ0n) is 15.2. The number of rotatable bonds is 6. The summed E-state index contributed by atoms with van der Waals surface area (Å²) in [7, 11) is 0. The van der Waals surface area contributed by atoms with Gasteiger partial charge in [0.25, 0.3) is 5.91 Å². The Morgan fingerprint density at radius 3 is 2.44 bits per heavy atom. The second-order valence-electron chi connectivity index (χ2n) is 6.38. The topological polar surface area (TPSA) is 97.5 Å². The van der Waals surface area contributed by atoms with Crippen LogP contribution in [0.25, 0.3) is 0 Å². The standard InChI is InChI=1S/C18H26N2O5/c1-5-24-18(23)15-10(2)14(11(3)19-15)17(22)25-12(4)16(21)20-13-8-6-7-9-13/h12-13,19H,5-9H2,1-4H3,(H,20,21)/t12-/m1/s1. The van der Waals surface area contributed by atoms with Crippen LogP contribution in [-0.4, -0.2) is 41.6 Å². The van der Waals surface area contributed by atoms with E-state index in [9.17, 15) is 14.4 Å².